The van der Waals surface area contributed by atoms with Gasteiger partial charge in [0.15, 0.2) is 0 Å². The molecule has 1 N–H and O–H groups in total. The Kier molecular flexibility index (Phi) is 4.84. The van der Waals surface area contributed by atoms with Crippen molar-refractivity contribution >= 4 is 17.5 Å². The highest BCUT2D eigenvalue weighted by Gasteiger charge is 2.27. The molecular formula is C18H21N3O3. The number of nitrogens with one attached hydrogen (secondary N) is 1. The van der Waals surface area contributed by atoms with Crippen LogP contribution in [0.1, 0.15) is 18.9 Å². The predicted molar refractivity (Wildman–Crippen MR) is 90.9 cm³/mol. The Morgan fingerprint density at radius 2 is 1.75 bits per heavy atom. The van der Waals surface area contributed by atoms with Crippen molar-refractivity contribution in [1.82, 2.24) is 9.47 Å². The van der Waals surface area contributed by atoms with E-state index in [9.17, 15) is 9.59 Å². The van der Waals surface area contributed by atoms with Crippen LogP contribution in [0.3, 0.4) is 0 Å². The molecule has 1 saturated heterocycles. The number of hydrogen-bond acceptors (Lipinski definition) is 3. The van der Waals surface area contributed by atoms with Crippen molar-refractivity contribution in [3.05, 3.63) is 48.8 Å². The maximum absolute atomic E-state index is 12.4. The van der Waals surface area contributed by atoms with Crippen molar-refractivity contribution in [1.29, 1.82) is 0 Å². The smallest absolute Gasteiger partial charge is 0.314 e. The van der Waals surface area contributed by atoms with Gasteiger partial charge in [-0.2, -0.15) is 0 Å². The molecule has 2 aromatic rings. The molecular weight excluding hydrogens is 306 g/mol. The summed E-state index contributed by atoms with van der Waals surface area (Å²) < 4.78 is 7.35. The second kappa shape index (κ2) is 7.21. The molecule has 0 atom stereocenters. The van der Waals surface area contributed by atoms with Crippen LogP contribution in [0.25, 0.3) is 0 Å². The number of carbonyl (C=O) groups excluding carboxylic acids is 2. The molecule has 0 unspecified atom stereocenters. The van der Waals surface area contributed by atoms with E-state index in [2.05, 4.69) is 9.88 Å². The molecule has 2 heterocycles. The summed E-state index contributed by atoms with van der Waals surface area (Å²) in [5.41, 5.74) is 0.501. The van der Waals surface area contributed by atoms with E-state index < -0.39 is 11.8 Å². The molecule has 6 nitrogen and oxygen atoms in total. The number of hydrogen-bond donors (Lipinski definition) is 1. The standard InChI is InChI=1S/C18H21N3O3/c1-24-16-7-3-2-6-15(16)19-17(22)18(23)21-12-8-14(9-13-21)20-10-4-5-11-20/h2-7,10-11,14H,8-9,12-13H2,1H3,(H,19,22). The number of anilines is 1. The van der Waals surface area contributed by atoms with Gasteiger partial charge in [-0.15, -0.1) is 0 Å². The first kappa shape index (κ1) is 16.1. The number of piperidine rings is 1. The summed E-state index contributed by atoms with van der Waals surface area (Å²) in [7, 11) is 1.53. The molecule has 3 rings (SSSR count). The van der Waals surface area contributed by atoms with Gasteiger partial charge in [0.2, 0.25) is 0 Å². The van der Waals surface area contributed by atoms with Crippen LogP contribution in [0.2, 0.25) is 0 Å². The van der Waals surface area contributed by atoms with E-state index in [0.717, 1.165) is 12.8 Å². The molecule has 0 radical (unpaired) electrons. The number of carbonyl (C=O) groups is 2. The molecule has 1 aliphatic heterocycles. The lowest BCUT2D eigenvalue weighted by Crippen LogP contribution is -2.44. The minimum absolute atomic E-state index is 0.390. The lowest BCUT2D eigenvalue weighted by Gasteiger charge is -2.32. The number of ether oxygens (including phenoxy) is 1. The molecule has 0 aliphatic carbocycles. The number of benzene rings is 1. The zero-order chi connectivity index (χ0) is 16.9. The number of para-hydroxylation sites is 2. The first-order valence-corrected chi connectivity index (χ1v) is 8.05. The fourth-order valence-electron chi connectivity index (χ4n) is 3.03. The number of rotatable bonds is 3. The highest BCUT2D eigenvalue weighted by atomic mass is 16.5. The largest absolute Gasteiger partial charge is 0.495 e. The fraction of sp³-hybridized carbons (Fsp3) is 0.333. The summed E-state index contributed by atoms with van der Waals surface area (Å²) in [5.74, 6) is -0.587. The highest BCUT2D eigenvalue weighted by molar-refractivity contribution is 6.39. The third kappa shape index (κ3) is 3.42. The predicted octanol–water partition coefficient (Wildman–Crippen LogP) is 2.30. The van der Waals surface area contributed by atoms with Gasteiger partial charge in [0.1, 0.15) is 5.75 Å². The number of aromatic nitrogens is 1. The molecule has 2 amide bonds. The van der Waals surface area contributed by atoms with Gasteiger partial charge in [0.25, 0.3) is 0 Å². The van der Waals surface area contributed by atoms with E-state index in [4.69, 9.17) is 4.74 Å². The summed E-state index contributed by atoms with van der Waals surface area (Å²) in [6, 6.07) is 11.4. The molecule has 1 aliphatic rings. The molecule has 1 aromatic heterocycles. The molecule has 24 heavy (non-hydrogen) atoms. The van der Waals surface area contributed by atoms with Crippen molar-refractivity contribution in [3.8, 4) is 5.75 Å². The molecule has 1 aromatic carbocycles. The average Bonchev–Trinajstić information content (AvgIpc) is 3.16. The van der Waals surface area contributed by atoms with Gasteiger partial charge in [-0.25, -0.2) is 0 Å². The quantitative estimate of drug-likeness (QED) is 0.880. The van der Waals surface area contributed by atoms with Gasteiger partial charge in [-0.3, -0.25) is 9.59 Å². The molecule has 0 bridgehead atoms. The molecule has 1 fully saturated rings. The maximum Gasteiger partial charge on any atom is 0.314 e. The van der Waals surface area contributed by atoms with Gasteiger partial charge in [-0.1, -0.05) is 12.1 Å². The van der Waals surface area contributed by atoms with Crippen LogP contribution in [0, 0.1) is 0 Å². The average molecular weight is 327 g/mol. The third-order valence-electron chi connectivity index (χ3n) is 4.35. The zero-order valence-electron chi connectivity index (χ0n) is 13.6. The SMILES string of the molecule is COc1ccccc1NC(=O)C(=O)N1CCC(n2cccc2)CC1. The Hall–Kier alpha value is -2.76. The van der Waals surface area contributed by atoms with Crippen molar-refractivity contribution in [2.45, 2.75) is 18.9 Å². The fourth-order valence-corrected chi connectivity index (χ4v) is 3.03. The molecule has 0 saturated carbocycles. The summed E-state index contributed by atoms with van der Waals surface area (Å²) in [5, 5.41) is 2.64. The maximum atomic E-state index is 12.4. The summed E-state index contributed by atoms with van der Waals surface area (Å²) in [6.45, 7) is 1.17. The minimum atomic E-state index is -0.626. The highest BCUT2D eigenvalue weighted by Crippen LogP contribution is 2.24. The van der Waals surface area contributed by atoms with Crippen LogP contribution < -0.4 is 10.1 Å². The monoisotopic (exact) mass is 327 g/mol. The molecule has 0 spiro atoms. The van der Waals surface area contributed by atoms with Crippen LogP contribution in [-0.2, 0) is 9.59 Å². The van der Waals surface area contributed by atoms with Crippen LogP contribution in [0.4, 0.5) is 5.69 Å². The zero-order valence-corrected chi connectivity index (χ0v) is 13.6. The van der Waals surface area contributed by atoms with E-state index in [1.54, 1.807) is 23.1 Å². The van der Waals surface area contributed by atoms with E-state index >= 15 is 0 Å². The van der Waals surface area contributed by atoms with Crippen molar-refractivity contribution in [3.63, 3.8) is 0 Å². The summed E-state index contributed by atoms with van der Waals surface area (Å²) >= 11 is 0. The Labute approximate surface area is 141 Å². The second-order valence-electron chi connectivity index (χ2n) is 5.81. The molecule has 126 valence electrons. The van der Waals surface area contributed by atoms with Gasteiger partial charge < -0.3 is 19.5 Å². The Bertz CT molecular complexity index is 704. The first-order chi connectivity index (χ1) is 11.7. The second-order valence-corrected chi connectivity index (χ2v) is 5.81. The van der Waals surface area contributed by atoms with E-state index in [0.29, 0.717) is 30.6 Å². The topological polar surface area (TPSA) is 63.6 Å². The van der Waals surface area contributed by atoms with Crippen molar-refractivity contribution < 1.29 is 14.3 Å². The van der Waals surface area contributed by atoms with Crippen LogP contribution >= 0.6 is 0 Å². The normalized spacial score (nSPS) is 15.1. The third-order valence-corrected chi connectivity index (χ3v) is 4.35. The van der Waals surface area contributed by atoms with Crippen LogP contribution in [0.5, 0.6) is 5.75 Å². The van der Waals surface area contributed by atoms with E-state index in [1.807, 2.05) is 30.6 Å². The Morgan fingerprint density at radius 3 is 2.42 bits per heavy atom. The Morgan fingerprint density at radius 1 is 1.08 bits per heavy atom. The van der Waals surface area contributed by atoms with Gasteiger partial charge in [0.05, 0.1) is 12.8 Å². The first-order valence-electron chi connectivity index (χ1n) is 8.05. The van der Waals surface area contributed by atoms with Gasteiger partial charge in [0, 0.05) is 31.5 Å². The molecule has 6 heteroatoms. The summed E-state index contributed by atoms with van der Waals surface area (Å²) in [6.07, 6.45) is 5.78. The Balaban J connectivity index is 1.58. The van der Waals surface area contributed by atoms with Crippen LogP contribution in [0.15, 0.2) is 48.8 Å². The van der Waals surface area contributed by atoms with E-state index in [1.165, 1.54) is 7.11 Å². The van der Waals surface area contributed by atoms with Crippen molar-refractivity contribution in [2.75, 3.05) is 25.5 Å². The van der Waals surface area contributed by atoms with Gasteiger partial charge >= 0.3 is 11.8 Å². The van der Waals surface area contributed by atoms with E-state index in [-0.39, 0.29) is 0 Å². The number of nitrogens with zero attached hydrogens (tertiary/aromatic N) is 2. The summed E-state index contributed by atoms with van der Waals surface area (Å²) in [4.78, 5) is 26.2. The number of likely N-dealkylation sites (tertiary alicyclic amines) is 1. The lowest BCUT2D eigenvalue weighted by molar-refractivity contribution is -0.144. The number of amides is 2. The van der Waals surface area contributed by atoms with Crippen molar-refractivity contribution in [2.24, 2.45) is 0 Å². The minimum Gasteiger partial charge on any atom is -0.495 e. The van der Waals surface area contributed by atoms with Gasteiger partial charge in [-0.05, 0) is 37.1 Å². The lowest BCUT2D eigenvalue weighted by atomic mass is 10.0. The van der Waals surface area contributed by atoms with Crippen LogP contribution in [-0.4, -0.2) is 41.5 Å². The number of methoxy groups -OCH3 is 1.